The third-order valence-electron chi connectivity index (χ3n) is 3.90. The Morgan fingerprint density at radius 1 is 1.24 bits per heavy atom. The standard InChI is InChI=1S/C18H16N2O3S2/c19-11-13-4-3-5-14(10-13)12-25(22,23)20-18(21)17-16-7-2-1-6-15(16)8-9-24-17/h1-7,10,17H,8-9,12H2,(H,20,21). The average molecular weight is 372 g/mol. The van der Waals surface area contributed by atoms with E-state index in [1.165, 1.54) is 17.8 Å². The number of thioether (sulfide) groups is 1. The molecule has 2 aromatic rings. The number of nitrogens with one attached hydrogen (secondary N) is 1. The van der Waals surface area contributed by atoms with Crippen molar-refractivity contribution in [1.29, 1.82) is 5.26 Å². The summed E-state index contributed by atoms with van der Waals surface area (Å²) in [7, 11) is -3.83. The van der Waals surface area contributed by atoms with E-state index in [9.17, 15) is 13.2 Å². The zero-order chi connectivity index (χ0) is 17.9. The van der Waals surface area contributed by atoms with E-state index in [-0.39, 0.29) is 5.75 Å². The van der Waals surface area contributed by atoms with Gasteiger partial charge in [0.1, 0.15) is 5.25 Å². The highest BCUT2D eigenvalue weighted by Gasteiger charge is 2.29. The minimum Gasteiger partial charge on any atom is -0.272 e. The molecule has 1 aliphatic heterocycles. The SMILES string of the molecule is N#Cc1cccc(CS(=O)(=O)NC(=O)C2SCCc3ccccc32)c1. The number of hydrogen-bond acceptors (Lipinski definition) is 5. The highest BCUT2D eigenvalue weighted by Crippen LogP contribution is 2.36. The Kier molecular flexibility index (Phi) is 5.11. The third-order valence-corrected chi connectivity index (χ3v) is 6.37. The van der Waals surface area contributed by atoms with Crippen molar-refractivity contribution in [3.8, 4) is 6.07 Å². The highest BCUT2D eigenvalue weighted by atomic mass is 32.2. The van der Waals surface area contributed by atoms with Crippen LogP contribution in [0.3, 0.4) is 0 Å². The summed E-state index contributed by atoms with van der Waals surface area (Å²) < 4.78 is 26.9. The van der Waals surface area contributed by atoms with Gasteiger partial charge in [0.2, 0.25) is 10.0 Å². The Labute approximate surface area is 151 Å². The number of nitriles is 1. The van der Waals surface area contributed by atoms with Crippen molar-refractivity contribution in [3.05, 3.63) is 70.8 Å². The summed E-state index contributed by atoms with van der Waals surface area (Å²) in [6.45, 7) is 0. The molecule has 0 fully saturated rings. The summed E-state index contributed by atoms with van der Waals surface area (Å²) in [5, 5.41) is 8.37. The summed E-state index contributed by atoms with van der Waals surface area (Å²) in [6, 6.07) is 15.9. The molecule has 0 bridgehead atoms. The number of rotatable bonds is 4. The molecule has 1 atom stereocenters. The molecule has 0 radical (unpaired) electrons. The lowest BCUT2D eigenvalue weighted by Gasteiger charge is -2.24. The predicted molar refractivity (Wildman–Crippen MR) is 97.3 cm³/mol. The number of aryl methyl sites for hydroxylation is 1. The molecule has 1 amide bonds. The first-order valence-electron chi connectivity index (χ1n) is 7.71. The molecule has 0 aromatic heterocycles. The molecule has 1 heterocycles. The largest absolute Gasteiger partial charge is 0.272 e. The highest BCUT2D eigenvalue weighted by molar-refractivity contribution is 8.00. The maximum Gasteiger partial charge on any atom is 0.251 e. The van der Waals surface area contributed by atoms with Gasteiger partial charge in [0.25, 0.3) is 5.91 Å². The number of carbonyl (C=O) groups is 1. The van der Waals surface area contributed by atoms with E-state index < -0.39 is 21.2 Å². The number of carbonyl (C=O) groups excluding carboxylic acids is 1. The molecule has 0 spiro atoms. The monoisotopic (exact) mass is 372 g/mol. The molecule has 5 nitrogen and oxygen atoms in total. The van der Waals surface area contributed by atoms with Crippen LogP contribution in [0.4, 0.5) is 0 Å². The van der Waals surface area contributed by atoms with Gasteiger partial charge in [0.05, 0.1) is 17.4 Å². The molecular formula is C18H16N2O3S2. The van der Waals surface area contributed by atoms with Gasteiger partial charge in [-0.2, -0.15) is 5.26 Å². The van der Waals surface area contributed by atoms with Crippen LogP contribution in [-0.2, 0) is 27.0 Å². The molecule has 7 heteroatoms. The van der Waals surface area contributed by atoms with Crippen molar-refractivity contribution in [2.75, 3.05) is 5.75 Å². The number of nitrogens with zero attached hydrogens (tertiary/aromatic N) is 1. The summed E-state index contributed by atoms with van der Waals surface area (Å²) in [5.74, 6) is -0.0827. The number of amides is 1. The first kappa shape index (κ1) is 17.5. The number of hydrogen-bond donors (Lipinski definition) is 1. The fourth-order valence-corrected chi connectivity index (χ4v) is 5.19. The van der Waals surface area contributed by atoms with Gasteiger partial charge in [-0.05, 0) is 41.0 Å². The fraction of sp³-hybridized carbons (Fsp3) is 0.222. The van der Waals surface area contributed by atoms with Gasteiger partial charge in [-0.15, -0.1) is 11.8 Å². The smallest absolute Gasteiger partial charge is 0.251 e. The van der Waals surface area contributed by atoms with Crippen molar-refractivity contribution >= 4 is 27.7 Å². The second-order valence-electron chi connectivity index (χ2n) is 5.74. The van der Waals surface area contributed by atoms with Crippen LogP contribution in [0.1, 0.15) is 27.5 Å². The van der Waals surface area contributed by atoms with Crippen LogP contribution in [0.25, 0.3) is 0 Å². The summed E-state index contributed by atoms with van der Waals surface area (Å²) >= 11 is 1.45. The van der Waals surface area contributed by atoms with E-state index in [1.807, 2.05) is 30.3 Å². The molecule has 1 unspecified atom stereocenters. The van der Waals surface area contributed by atoms with Crippen LogP contribution in [-0.4, -0.2) is 20.1 Å². The van der Waals surface area contributed by atoms with Crippen molar-refractivity contribution < 1.29 is 13.2 Å². The molecule has 1 N–H and O–H groups in total. The number of fused-ring (bicyclic) bond motifs is 1. The molecule has 1 aliphatic rings. The minimum atomic E-state index is -3.83. The molecule has 0 saturated heterocycles. The van der Waals surface area contributed by atoms with Gasteiger partial charge < -0.3 is 0 Å². The van der Waals surface area contributed by atoms with E-state index in [0.717, 1.165) is 23.3 Å². The third kappa shape index (κ3) is 4.21. The lowest BCUT2D eigenvalue weighted by molar-refractivity contribution is -0.118. The summed E-state index contributed by atoms with van der Waals surface area (Å²) in [4.78, 5) is 12.5. The Balaban J connectivity index is 1.75. The van der Waals surface area contributed by atoms with Crippen molar-refractivity contribution in [2.24, 2.45) is 0 Å². The maximum absolute atomic E-state index is 12.5. The van der Waals surface area contributed by atoms with E-state index in [4.69, 9.17) is 5.26 Å². The Morgan fingerprint density at radius 3 is 2.84 bits per heavy atom. The minimum absolute atomic E-state index is 0.340. The lowest BCUT2D eigenvalue weighted by Crippen LogP contribution is -2.35. The van der Waals surface area contributed by atoms with Crippen LogP contribution in [0, 0.1) is 11.3 Å². The number of sulfonamides is 1. The zero-order valence-electron chi connectivity index (χ0n) is 13.3. The molecule has 128 valence electrons. The van der Waals surface area contributed by atoms with Crippen molar-refractivity contribution in [2.45, 2.75) is 17.4 Å². The van der Waals surface area contributed by atoms with E-state index >= 15 is 0 Å². The van der Waals surface area contributed by atoms with Crippen molar-refractivity contribution in [1.82, 2.24) is 4.72 Å². The first-order chi connectivity index (χ1) is 12.0. The van der Waals surface area contributed by atoms with Crippen LogP contribution >= 0.6 is 11.8 Å². The summed E-state index contributed by atoms with van der Waals surface area (Å²) in [5.41, 5.74) is 2.81. The Hall–Kier alpha value is -2.30. The Bertz CT molecular complexity index is 949. The molecule has 25 heavy (non-hydrogen) atoms. The maximum atomic E-state index is 12.5. The predicted octanol–water partition coefficient (Wildman–Crippen LogP) is 2.53. The molecule has 0 aliphatic carbocycles. The van der Waals surface area contributed by atoms with E-state index in [1.54, 1.807) is 18.2 Å². The summed E-state index contributed by atoms with van der Waals surface area (Å²) in [6.07, 6.45) is 0.873. The second-order valence-corrected chi connectivity index (χ2v) is 8.67. The van der Waals surface area contributed by atoms with E-state index in [0.29, 0.717) is 11.1 Å². The topological polar surface area (TPSA) is 87.0 Å². The van der Waals surface area contributed by atoms with Gasteiger partial charge >= 0.3 is 0 Å². The zero-order valence-corrected chi connectivity index (χ0v) is 14.9. The van der Waals surface area contributed by atoms with Gasteiger partial charge in [0, 0.05) is 0 Å². The Morgan fingerprint density at radius 2 is 2.04 bits per heavy atom. The molecule has 3 rings (SSSR count). The number of benzene rings is 2. The van der Waals surface area contributed by atoms with Crippen LogP contribution < -0.4 is 4.72 Å². The van der Waals surface area contributed by atoms with Gasteiger partial charge in [-0.25, -0.2) is 8.42 Å². The van der Waals surface area contributed by atoms with Crippen molar-refractivity contribution in [3.63, 3.8) is 0 Å². The van der Waals surface area contributed by atoms with Crippen LogP contribution in [0.2, 0.25) is 0 Å². The van der Waals surface area contributed by atoms with Crippen LogP contribution in [0.5, 0.6) is 0 Å². The average Bonchev–Trinajstić information content (AvgIpc) is 2.60. The normalized spacial score (nSPS) is 16.5. The molecule has 0 saturated carbocycles. The van der Waals surface area contributed by atoms with E-state index in [2.05, 4.69) is 4.72 Å². The molecule has 2 aromatic carbocycles. The van der Waals surface area contributed by atoms with Crippen LogP contribution in [0.15, 0.2) is 48.5 Å². The second kappa shape index (κ2) is 7.30. The van der Waals surface area contributed by atoms with Gasteiger partial charge in [0.15, 0.2) is 0 Å². The quantitative estimate of drug-likeness (QED) is 0.891. The molecular weight excluding hydrogens is 356 g/mol. The first-order valence-corrected chi connectivity index (χ1v) is 10.4. The van der Waals surface area contributed by atoms with Gasteiger partial charge in [-0.1, -0.05) is 36.4 Å². The lowest BCUT2D eigenvalue weighted by atomic mass is 10.0. The fourth-order valence-electron chi connectivity index (χ4n) is 2.80. The van der Waals surface area contributed by atoms with Gasteiger partial charge in [-0.3, -0.25) is 9.52 Å².